The van der Waals surface area contributed by atoms with Gasteiger partial charge in [-0.25, -0.2) is 13.2 Å². The van der Waals surface area contributed by atoms with Crippen molar-refractivity contribution in [1.82, 2.24) is 4.90 Å². The maximum atomic E-state index is 13.3. The van der Waals surface area contributed by atoms with Crippen molar-refractivity contribution < 1.29 is 44.3 Å². The molecule has 1 aliphatic rings. The number of nitrogens with zero attached hydrogens (tertiary/aromatic N) is 1. The summed E-state index contributed by atoms with van der Waals surface area (Å²) in [7, 11) is -4.20. The highest BCUT2D eigenvalue weighted by Crippen LogP contribution is 2.40. The van der Waals surface area contributed by atoms with Gasteiger partial charge in [0.1, 0.15) is 5.60 Å². The number of sulfone groups is 1. The number of likely N-dealkylation sites (tertiary alicyclic amines) is 1. The number of halogens is 6. The highest BCUT2D eigenvalue weighted by Gasteiger charge is 2.42. The first-order chi connectivity index (χ1) is 17.3. The molecule has 12 heteroatoms. The summed E-state index contributed by atoms with van der Waals surface area (Å²) < 4.78 is 112. The van der Waals surface area contributed by atoms with Crippen LogP contribution >= 0.6 is 0 Å². The van der Waals surface area contributed by atoms with Crippen molar-refractivity contribution in [3.63, 3.8) is 0 Å². The van der Waals surface area contributed by atoms with Gasteiger partial charge in [0, 0.05) is 18.5 Å². The van der Waals surface area contributed by atoms with Gasteiger partial charge in [0.2, 0.25) is 0 Å². The number of alkyl halides is 6. The van der Waals surface area contributed by atoms with Crippen LogP contribution in [0, 0.1) is 0 Å². The van der Waals surface area contributed by atoms with Gasteiger partial charge in [-0.1, -0.05) is 30.3 Å². The van der Waals surface area contributed by atoms with Crippen molar-refractivity contribution in [3.8, 4) is 0 Å². The summed E-state index contributed by atoms with van der Waals surface area (Å²) in [6.07, 6.45) is -10.3. The molecule has 3 rings (SSSR count). The molecule has 0 aromatic heterocycles. The van der Waals surface area contributed by atoms with Crippen LogP contribution in [-0.4, -0.2) is 43.9 Å². The summed E-state index contributed by atoms with van der Waals surface area (Å²) in [5, 5.41) is 0. The highest BCUT2D eigenvalue weighted by molar-refractivity contribution is 7.90. The normalized spacial score (nSPS) is 16.8. The molecule has 0 bridgehead atoms. The summed E-state index contributed by atoms with van der Waals surface area (Å²) in [6.45, 7) is 5.48. The van der Waals surface area contributed by atoms with E-state index in [1.807, 2.05) is 0 Å². The zero-order valence-electron chi connectivity index (χ0n) is 21.1. The first-order valence-corrected chi connectivity index (χ1v) is 13.6. The molecule has 1 aliphatic heterocycles. The molecule has 1 saturated heterocycles. The SMILES string of the molecule is CC(C)(C)OC(=O)N1CCC(CS(=O)(=O)Cc2cc(C(F)(F)F)cc(C(F)(F)F)c2)(c2ccccc2)CC1. The van der Waals surface area contributed by atoms with Crippen LogP contribution in [-0.2, 0) is 38.1 Å². The lowest BCUT2D eigenvalue weighted by atomic mass is 9.74. The smallest absolute Gasteiger partial charge is 0.416 e. The third-order valence-corrected chi connectivity index (χ3v) is 8.05. The van der Waals surface area contributed by atoms with E-state index < -0.39 is 67.5 Å². The molecule has 0 radical (unpaired) electrons. The van der Waals surface area contributed by atoms with Gasteiger partial charge in [0.15, 0.2) is 9.84 Å². The molecule has 0 unspecified atom stereocenters. The van der Waals surface area contributed by atoms with Crippen molar-refractivity contribution in [2.45, 2.75) is 62.7 Å². The third kappa shape index (κ3) is 7.64. The molecular formula is C26H29F6NO4S. The molecule has 0 saturated carbocycles. The Labute approximate surface area is 217 Å². The van der Waals surface area contributed by atoms with E-state index in [0.717, 1.165) is 0 Å². The van der Waals surface area contributed by atoms with E-state index >= 15 is 0 Å². The summed E-state index contributed by atoms with van der Waals surface area (Å²) in [4.78, 5) is 14.0. The number of ether oxygens (including phenoxy) is 1. The lowest BCUT2D eigenvalue weighted by molar-refractivity contribution is -0.143. The molecule has 0 aliphatic carbocycles. The maximum Gasteiger partial charge on any atom is 0.416 e. The zero-order valence-corrected chi connectivity index (χ0v) is 21.9. The highest BCUT2D eigenvalue weighted by atomic mass is 32.2. The Hall–Kier alpha value is -2.76. The zero-order chi connectivity index (χ0) is 28.6. The van der Waals surface area contributed by atoms with Gasteiger partial charge in [-0.15, -0.1) is 0 Å². The monoisotopic (exact) mass is 565 g/mol. The molecule has 0 atom stereocenters. The van der Waals surface area contributed by atoms with E-state index in [9.17, 15) is 39.6 Å². The van der Waals surface area contributed by atoms with Crippen LogP contribution in [0.4, 0.5) is 31.1 Å². The molecule has 2 aromatic rings. The minimum absolute atomic E-state index is 0.0338. The number of piperidine rings is 1. The standard InChI is InChI=1S/C26H29F6NO4S/c1-23(2,3)37-22(34)33-11-9-24(10-12-33,19-7-5-4-6-8-19)17-38(35,36)16-18-13-20(25(27,28)29)15-21(14-18)26(30,31)32/h4-8,13-15H,9-12,16-17H2,1-3H3. The molecule has 38 heavy (non-hydrogen) atoms. The number of carbonyl (C=O) groups excluding carboxylic acids is 1. The fourth-order valence-electron chi connectivity index (χ4n) is 4.58. The Morgan fingerprint density at radius 1 is 0.895 bits per heavy atom. The van der Waals surface area contributed by atoms with Crippen LogP contribution in [0.5, 0.6) is 0 Å². The molecule has 5 nitrogen and oxygen atoms in total. The van der Waals surface area contributed by atoms with E-state index in [1.54, 1.807) is 51.1 Å². The average molecular weight is 566 g/mol. The number of benzene rings is 2. The fraction of sp³-hybridized carbons (Fsp3) is 0.500. The van der Waals surface area contributed by atoms with E-state index in [0.29, 0.717) is 17.7 Å². The molecule has 0 spiro atoms. The van der Waals surface area contributed by atoms with Crippen molar-refractivity contribution in [1.29, 1.82) is 0 Å². The predicted molar refractivity (Wildman–Crippen MR) is 129 cm³/mol. The number of carbonyl (C=O) groups is 1. The Morgan fingerprint density at radius 2 is 1.39 bits per heavy atom. The molecule has 1 amide bonds. The van der Waals surface area contributed by atoms with E-state index in [2.05, 4.69) is 0 Å². The second-order valence-electron chi connectivity index (χ2n) is 10.6. The fourth-order valence-corrected chi connectivity index (χ4v) is 6.65. The quantitative estimate of drug-likeness (QED) is 0.383. The second kappa shape index (κ2) is 10.4. The Bertz CT molecular complexity index is 1210. The van der Waals surface area contributed by atoms with Gasteiger partial charge in [-0.05, 0) is 62.9 Å². The first kappa shape index (κ1) is 29.8. The summed E-state index contributed by atoms with van der Waals surface area (Å²) in [5.74, 6) is -1.51. The minimum atomic E-state index is -5.08. The third-order valence-electron chi connectivity index (χ3n) is 6.29. The number of amides is 1. The van der Waals surface area contributed by atoms with Crippen LogP contribution < -0.4 is 0 Å². The molecule has 1 heterocycles. The lowest BCUT2D eigenvalue weighted by Crippen LogP contribution is -2.49. The van der Waals surface area contributed by atoms with Gasteiger partial charge in [0.25, 0.3) is 0 Å². The van der Waals surface area contributed by atoms with Gasteiger partial charge >= 0.3 is 18.4 Å². The van der Waals surface area contributed by atoms with E-state index in [1.165, 1.54) is 4.90 Å². The van der Waals surface area contributed by atoms with Crippen LogP contribution in [0.25, 0.3) is 0 Å². The topological polar surface area (TPSA) is 63.7 Å². The van der Waals surface area contributed by atoms with Crippen LogP contribution in [0.1, 0.15) is 55.9 Å². The summed E-state index contributed by atoms with van der Waals surface area (Å²) in [6, 6.07) is 9.46. The lowest BCUT2D eigenvalue weighted by Gasteiger charge is -2.42. The maximum absolute atomic E-state index is 13.3. The number of rotatable bonds is 5. The van der Waals surface area contributed by atoms with Crippen molar-refractivity contribution in [3.05, 3.63) is 70.8 Å². The van der Waals surface area contributed by atoms with Crippen LogP contribution in [0.2, 0.25) is 0 Å². The minimum Gasteiger partial charge on any atom is -0.444 e. The summed E-state index contributed by atoms with van der Waals surface area (Å²) >= 11 is 0. The van der Waals surface area contributed by atoms with Crippen molar-refractivity contribution >= 4 is 15.9 Å². The van der Waals surface area contributed by atoms with Gasteiger partial charge < -0.3 is 9.64 Å². The van der Waals surface area contributed by atoms with Gasteiger partial charge in [-0.2, -0.15) is 26.3 Å². The van der Waals surface area contributed by atoms with Crippen LogP contribution in [0.15, 0.2) is 48.5 Å². The van der Waals surface area contributed by atoms with Gasteiger partial charge in [-0.3, -0.25) is 0 Å². The van der Waals surface area contributed by atoms with E-state index in [-0.39, 0.29) is 32.0 Å². The number of hydrogen-bond acceptors (Lipinski definition) is 4. The van der Waals surface area contributed by atoms with Gasteiger partial charge in [0.05, 0.1) is 22.6 Å². The Kier molecular flexibility index (Phi) is 8.17. The Balaban J connectivity index is 1.91. The molecule has 0 N–H and O–H groups in total. The van der Waals surface area contributed by atoms with Crippen molar-refractivity contribution in [2.24, 2.45) is 0 Å². The van der Waals surface area contributed by atoms with Crippen molar-refractivity contribution in [2.75, 3.05) is 18.8 Å². The predicted octanol–water partition coefficient (Wildman–Crippen LogP) is 6.61. The number of hydrogen-bond donors (Lipinski definition) is 0. The van der Waals surface area contributed by atoms with Crippen LogP contribution in [0.3, 0.4) is 0 Å². The largest absolute Gasteiger partial charge is 0.444 e. The average Bonchev–Trinajstić information content (AvgIpc) is 2.77. The molecule has 1 fully saturated rings. The van der Waals surface area contributed by atoms with E-state index in [4.69, 9.17) is 4.74 Å². The molecular weight excluding hydrogens is 536 g/mol. The molecule has 2 aromatic carbocycles. The summed E-state index contributed by atoms with van der Waals surface area (Å²) in [5.41, 5.74) is -4.79. The molecule has 210 valence electrons. The first-order valence-electron chi connectivity index (χ1n) is 11.8. The Morgan fingerprint density at radius 3 is 1.84 bits per heavy atom. The second-order valence-corrected chi connectivity index (χ2v) is 12.6.